The van der Waals surface area contributed by atoms with E-state index in [-0.39, 0.29) is 22.4 Å². The summed E-state index contributed by atoms with van der Waals surface area (Å²) >= 11 is 6.31. The van der Waals surface area contributed by atoms with Crippen molar-refractivity contribution in [2.45, 2.75) is 44.4 Å². The Morgan fingerprint density at radius 2 is 1.85 bits per heavy atom. The molecule has 3 aromatic rings. The normalized spacial score (nSPS) is 14.6. The average Bonchev–Trinajstić information content (AvgIpc) is 2.73. The molecular formula is C24H24ClF3N2O3. The summed E-state index contributed by atoms with van der Waals surface area (Å²) in [6.45, 7) is 4.90. The molecule has 0 saturated carbocycles. The minimum absolute atomic E-state index is 0.134. The number of fused-ring (bicyclic) bond motifs is 1. The number of methoxy groups -OCH3 is 1. The number of nitrogens with one attached hydrogen (secondary N) is 1. The highest BCUT2D eigenvalue weighted by atomic mass is 35.5. The largest absolute Gasteiger partial charge is 0.495 e. The van der Waals surface area contributed by atoms with Gasteiger partial charge < -0.3 is 14.8 Å². The second kappa shape index (κ2) is 8.83. The van der Waals surface area contributed by atoms with Crippen molar-refractivity contribution in [3.8, 4) is 5.75 Å². The van der Waals surface area contributed by atoms with Gasteiger partial charge in [-0.3, -0.25) is 9.79 Å². The van der Waals surface area contributed by atoms with Crippen molar-refractivity contribution in [2.75, 3.05) is 7.11 Å². The van der Waals surface area contributed by atoms with Gasteiger partial charge in [-0.25, -0.2) is 0 Å². The molecule has 2 N–H and O–H groups in total. The summed E-state index contributed by atoms with van der Waals surface area (Å²) in [6.07, 6.45) is -3.88. The zero-order valence-corrected chi connectivity index (χ0v) is 19.3. The predicted molar refractivity (Wildman–Crippen MR) is 124 cm³/mol. The predicted octanol–water partition coefficient (Wildman–Crippen LogP) is 5.86. The molecule has 0 bridgehead atoms. The number of hydrogen-bond acceptors (Lipinski definition) is 4. The molecule has 176 valence electrons. The Balaban J connectivity index is 2.07. The van der Waals surface area contributed by atoms with Crippen LogP contribution in [0.4, 0.5) is 18.9 Å². The number of ether oxygens (including phenoxy) is 1. The summed E-state index contributed by atoms with van der Waals surface area (Å²) in [4.78, 5) is 18.5. The lowest BCUT2D eigenvalue weighted by Gasteiger charge is -2.36. The summed E-state index contributed by atoms with van der Waals surface area (Å²) < 4.78 is 47.7. The SMILES string of the molecule is COc1c(C(C)(C)CC(O)(C=Nc2cccc3c(=O)[nH]ccc23)C(F)(F)F)ccc(C)c1Cl. The van der Waals surface area contributed by atoms with Gasteiger partial charge in [-0.1, -0.05) is 43.6 Å². The quantitative estimate of drug-likeness (QED) is 0.434. The van der Waals surface area contributed by atoms with Gasteiger partial charge in [0.15, 0.2) is 5.60 Å². The first-order chi connectivity index (χ1) is 15.3. The van der Waals surface area contributed by atoms with Crippen molar-refractivity contribution in [1.29, 1.82) is 0 Å². The van der Waals surface area contributed by atoms with Crippen molar-refractivity contribution in [3.63, 3.8) is 0 Å². The van der Waals surface area contributed by atoms with Crippen LogP contribution in [0.25, 0.3) is 10.8 Å². The number of nitrogens with zero attached hydrogens (tertiary/aromatic N) is 1. The van der Waals surface area contributed by atoms with Gasteiger partial charge in [0, 0.05) is 28.7 Å². The number of hydrogen-bond donors (Lipinski definition) is 2. The molecule has 0 fully saturated rings. The molecule has 1 atom stereocenters. The number of aryl methyl sites for hydroxylation is 1. The van der Waals surface area contributed by atoms with Gasteiger partial charge >= 0.3 is 6.18 Å². The fourth-order valence-electron chi connectivity index (χ4n) is 3.87. The number of benzene rings is 2. The molecule has 0 aliphatic rings. The van der Waals surface area contributed by atoms with Crippen LogP contribution < -0.4 is 10.3 Å². The highest BCUT2D eigenvalue weighted by Gasteiger charge is 2.55. The molecule has 0 amide bonds. The summed E-state index contributed by atoms with van der Waals surface area (Å²) in [5.41, 5.74) is -3.58. The molecule has 0 saturated heterocycles. The standard InChI is InChI=1S/C24H24ClF3N2O3/c1-14-8-9-17(20(33-4)19(14)25)22(2,3)12-23(32,24(26,27)28)13-30-18-7-5-6-16-15(18)10-11-29-21(16)31/h5-11,13,32H,12H2,1-4H3,(H,29,31). The van der Waals surface area contributed by atoms with E-state index in [2.05, 4.69) is 9.98 Å². The molecule has 9 heteroatoms. The van der Waals surface area contributed by atoms with E-state index >= 15 is 0 Å². The number of aliphatic hydroxyl groups is 1. The Labute approximate surface area is 193 Å². The number of halogens is 4. The zero-order chi connectivity index (χ0) is 24.6. The minimum Gasteiger partial charge on any atom is -0.495 e. The number of aliphatic imine (C=N–C) groups is 1. The number of alkyl halides is 3. The molecule has 0 aliphatic carbocycles. The minimum atomic E-state index is -5.02. The summed E-state index contributed by atoms with van der Waals surface area (Å²) in [7, 11) is 1.39. The summed E-state index contributed by atoms with van der Waals surface area (Å²) in [5.74, 6) is 0.261. The molecule has 0 spiro atoms. The van der Waals surface area contributed by atoms with E-state index in [1.165, 1.54) is 25.4 Å². The van der Waals surface area contributed by atoms with Gasteiger partial charge in [-0.05, 0) is 42.5 Å². The summed E-state index contributed by atoms with van der Waals surface area (Å²) in [5, 5.41) is 11.8. The fourth-order valence-corrected chi connectivity index (χ4v) is 4.11. The van der Waals surface area contributed by atoms with Gasteiger partial charge in [-0.2, -0.15) is 13.2 Å². The Morgan fingerprint density at radius 1 is 1.15 bits per heavy atom. The van der Waals surface area contributed by atoms with Gasteiger partial charge in [0.25, 0.3) is 5.56 Å². The number of rotatable bonds is 6. The lowest BCUT2D eigenvalue weighted by Crippen LogP contribution is -2.50. The maximum absolute atomic E-state index is 14.1. The third kappa shape index (κ3) is 4.77. The third-order valence-corrected chi connectivity index (χ3v) is 6.10. The van der Waals surface area contributed by atoms with Gasteiger partial charge in [-0.15, -0.1) is 0 Å². The Hall–Kier alpha value is -2.84. The molecule has 1 heterocycles. The van der Waals surface area contributed by atoms with Crippen molar-refractivity contribution in [2.24, 2.45) is 4.99 Å². The second-order valence-corrected chi connectivity index (χ2v) is 8.94. The molecular weight excluding hydrogens is 457 g/mol. The van der Waals surface area contributed by atoms with Crippen molar-refractivity contribution in [3.05, 3.63) is 69.1 Å². The van der Waals surface area contributed by atoms with E-state index in [4.69, 9.17) is 16.3 Å². The van der Waals surface area contributed by atoms with Crippen LogP contribution in [0, 0.1) is 6.92 Å². The first-order valence-corrected chi connectivity index (χ1v) is 10.5. The Morgan fingerprint density at radius 3 is 2.48 bits per heavy atom. The van der Waals surface area contributed by atoms with Crippen molar-refractivity contribution >= 4 is 34.3 Å². The highest BCUT2D eigenvalue weighted by Crippen LogP contribution is 2.45. The van der Waals surface area contributed by atoms with Gasteiger partial charge in [0.05, 0.1) is 17.8 Å². The molecule has 0 aliphatic heterocycles. The van der Waals surface area contributed by atoms with Gasteiger partial charge in [0.1, 0.15) is 5.75 Å². The number of aromatic amines is 1. The molecule has 2 aromatic carbocycles. The topological polar surface area (TPSA) is 74.7 Å². The van der Waals surface area contributed by atoms with Crippen LogP contribution in [-0.4, -0.2) is 35.2 Å². The number of pyridine rings is 1. The Kier molecular flexibility index (Phi) is 6.64. The van der Waals surface area contributed by atoms with E-state index in [1.54, 1.807) is 45.0 Å². The van der Waals surface area contributed by atoms with Gasteiger partial charge in [0.2, 0.25) is 0 Å². The fraction of sp³-hybridized carbons (Fsp3) is 0.333. The zero-order valence-electron chi connectivity index (χ0n) is 18.5. The first kappa shape index (κ1) is 24.8. The summed E-state index contributed by atoms with van der Waals surface area (Å²) in [6, 6.07) is 9.41. The van der Waals surface area contributed by atoms with Crippen LogP contribution in [0.2, 0.25) is 5.02 Å². The van der Waals surface area contributed by atoms with E-state index in [1.807, 2.05) is 0 Å². The second-order valence-electron chi connectivity index (χ2n) is 8.56. The maximum Gasteiger partial charge on any atom is 0.422 e. The highest BCUT2D eigenvalue weighted by molar-refractivity contribution is 6.33. The molecule has 33 heavy (non-hydrogen) atoms. The van der Waals surface area contributed by atoms with E-state index < -0.39 is 23.6 Å². The molecule has 1 unspecified atom stereocenters. The number of H-pyrrole nitrogens is 1. The van der Waals surface area contributed by atoms with Crippen LogP contribution in [-0.2, 0) is 5.41 Å². The third-order valence-electron chi connectivity index (χ3n) is 5.64. The first-order valence-electron chi connectivity index (χ1n) is 10.1. The van der Waals surface area contributed by atoms with E-state index in [0.717, 1.165) is 0 Å². The smallest absolute Gasteiger partial charge is 0.422 e. The monoisotopic (exact) mass is 480 g/mol. The maximum atomic E-state index is 14.1. The van der Waals surface area contributed by atoms with Crippen LogP contribution in [0.15, 0.2) is 52.4 Å². The lowest BCUT2D eigenvalue weighted by atomic mass is 9.74. The van der Waals surface area contributed by atoms with Crippen LogP contribution in [0.1, 0.15) is 31.4 Å². The van der Waals surface area contributed by atoms with Crippen molar-refractivity contribution in [1.82, 2.24) is 4.98 Å². The molecule has 3 rings (SSSR count). The molecule has 0 radical (unpaired) electrons. The van der Waals surface area contributed by atoms with E-state index in [0.29, 0.717) is 27.8 Å². The van der Waals surface area contributed by atoms with Crippen LogP contribution in [0.5, 0.6) is 5.75 Å². The average molecular weight is 481 g/mol. The van der Waals surface area contributed by atoms with Crippen LogP contribution in [0.3, 0.4) is 0 Å². The molecule has 1 aromatic heterocycles. The number of aromatic nitrogens is 1. The Bertz CT molecular complexity index is 1270. The lowest BCUT2D eigenvalue weighted by molar-refractivity contribution is -0.234. The van der Waals surface area contributed by atoms with Crippen LogP contribution >= 0.6 is 11.6 Å². The van der Waals surface area contributed by atoms with E-state index in [9.17, 15) is 23.1 Å². The molecule has 5 nitrogen and oxygen atoms in total. The van der Waals surface area contributed by atoms with Crippen molar-refractivity contribution < 1.29 is 23.0 Å².